The van der Waals surface area contributed by atoms with E-state index in [9.17, 15) is 0 Å². The molecule has 1 rings (SSSR count). The maximum Gasteiger partial charge on any atom is 0.00389 e. The summed E-state index contributed by atoms with van der Waals surface area (Å²) in [4.78, 5) is 0. The Bertz CT molecular complexity index is 142. The van der Waals surface area contributed by atoms with E-state index < -0.39 is 0 Å². The summed E-state index contributed by atoms with van der Waals surface area (Å²) in [6, 6.07) is 0.718. The normalized spacial score (nSPS) is 29.3. The Hall–Kier alpha value is -0.0400. The molecule has 0 aromatic rings. The van der Waals surface area contributed by atoms with Gasteiger partial charge in [-0.3, -0.25) is 0 Å². The zero-order valence-electron chi connectivity index (χ0n) is 9.64. The van der Waals surface area contributed by atoms with Crippen molar-refractivity contribution in [3.05, 3.63) is 0 Å². The molecule has 3 atom stereocenters. The van der Waals surface area contributed by atoms with E-state index in [1.54, 1.807) is 0 Å². The summed E-state index contributed by atoms with van der Waals surface area (Å²) in [5.74, 6) is 2.83. The Kier molecular flexibility index (Phi) is 4.24. The predicted molar refractivity (Wildman–Crippen MR) is 58.8 cm³/mol. The summed E-state index contributed by atoms with van der Waals surface area (Å²) >= 11 is 0. The van der Waals surface area contributed by atoms with Crippen LogP contribution in [-0.2, 0) is 0 Å². The van der Waals surface area contributed by atoms with Crippen LogP contribution in [0.2, 0.25) is 0 Å². The second-order valence-corrected chi connectivity index (χ2v) is 5.25. The smallest absolute Gasteiger partial charge is 0.00389 e. The molecule has 0 aliphatic heterocycles. The fourth-order valence-corrected chi connectivity index (χ4v) is 1.72. The number of hydrogen-bond acceptors (Lipinski definition) is 1. The highest BCUT2D eigenvalue weighted by Crippen LogP contribution is 2.36. The molecule has 0 spiro atoms. The van der Waals surface area contributed by atoms with Crippen molar-refractivity contribution in [1.29, 1.82) is 0 Å². The minimum absolute atomic E-state index is 0.718. The molecule has 13 heavy (non-hydrogen) atoms. The van der Waals surface area contributed by atoms with Crippen molar-refractivity contribution in [2.45, 2.75) is 53.0 Å². The van der Waals surface area contributed by atoms with Crippen LogP contribution in [0.5, 0.6) is 0 Å². The minimum atomic E-state index is 0.718. The topological polar surface area (TPSA) is 12.0 Å². The van der Waals surface area contributed by atoms with Crippen molar-refractivity contribution in [3.8, 4) is 0 Å². The van der Waals surface area contributed by atoms with Gasteiger partial charge in [0.25, 0.3) is 0 Å². The van der Waals surface area contributed by atoms with Gasteiger partial charge in [0.2, 0.25) is 0 Å². The molecular weight excluding hydrogens is 158 g/mol. The molecule has 0 saturated heterocycles. The summed E-state index contributed by atoms with van der Waals surface area (Å²) in [6.07, 6.45) is 4.14. The fourth-order valence-electron chi connectivity index (χ4n) is 1.72. The average molecular weight is 183 g/mol. The maximum atomic E-state index is 3.63. The highest BCUT2D eigenvalue weighted by atomic mass is 14.9. The molecule has 1 aliphatic carbocycles. The Labute approximate surface area is 83.3 Å². The third kappa shape index (κ3) is 4.66. The summed E-state index contributed by atoms with van der Waals surface area (Å²) in [6.45, 7) is 10.5. The molecule has 1 N–H and O–H groups in total. The van der Waals surface area contributed by atoms with Crippen molar-refractivity contribution < 1.29 is 0 Å². The Morgan fingerprint density at radius 2 is 1.85 bits per heavy atom. The quantitative estimate of drug-likeness (QED) is 0.667. The summed E-state index contributed by atoms with van der Waals surface area (Å²) in [5.41, 5.74) is 0. The molecule has 1 aliphatic rings. The lowest BCUT2D eigenvalue weighted by Gasteiger charge is -2.14. The van der Waals surface area contributed by atoms with Gasteiger partial charge in [-0.05, 0) is 50.5 Å². The van der Waals surface area contributed by atoms with Crippen LogP contribution in [0.25, 0.3) is 0 Å². The van der Waals surface area contributed by atoms with Crippen molar-refractivity contribution in [2.24, 2.45) is 17.8 Å². The van der Waals surface area contributed by atoms with Gasteiger partial charge in [-0.2, -0.15) is 0 Å². The second kappa shape index (κ2) is 4.99. The van der Waals surface area contributed by atoms with E-state index in [0.717, 1.165) is 23.8 Å². The van der Waals surface area contributed by atoms with Crippen LogP contribution in [0.4, 0.5) is 0 Å². The maximum absolute atomic E-state index is 3.63. The van der Waals surface area contributed by atoms with Gasteiger partial charge in [0.1, 0.15) is 0 Å². The second-order valence-electron chi connectivity index (χ2n) is 5.25. The zero-order chi connectivity index (χ0) is 9.84. The van der Waals surface area contributed by atoms with E-state index >= 15 is 0 Å². The van der Waals surface area contributed by atoms with E-state index in [0.29, 0.717) is 0 Å². The van der Waals surface area contributed by atoms with Crippen LogP contribution in [-0.4, -0.2) is 12.6 Å². The van der Waals surface area contributed by atoms with E-state index in [1.807, 2.05) is 0 Å². The summed E-state index contributed by atoms with van der Waals surface area (Å²) < 4.78 is 0. The molecule has 3 unspecified atom stereocenters. The van der Waals surface area contributed by atoms with Crippen LogP contribution in [0.3, 0.4) is 0 Å². The molecule has 0 amide bonds. The predicted octanol–water partition coefficient (Wildman–Crippen LogP) is 3.06. The van der Waals surface area contributed by atoms with Gasteiger partial charge in [-0.1, -0.05) is 20.8 Å². The van der Waals surface area contributed by atoms with Gasteiger partial charge in [0.05, 0.1) is 0 Å². The standard InChI is InChI=1S/C12H25N/c1-9(2)5-6-11(4)13-8-12-7-10(12)3/h9-13H,5-8H2,1-4H3. The van der Waals surface area contributed by atoms with E-state index in [-0.39, 0.29) is 0 Å². The SMILES string of the molecule is CC(C)CCC(C)NCC1CC1C. The molecule has 1 fully saturated rings. The average Bonchev–Trinajstić information content (AvgIpc) is 2.75. The van der Waals surface area contributed by atoms with Crippen LogP contribution in [0, 0.1) is 17.8 Å². The molecule has 1 nitrogen and oxygen atoms in total. The van der Waals surface area contributed by atoms with Gasteiger partial charge >= 0.3 is 0 Å². The highest BCUT2D eigenvalue weighted by molar-refractivity contribution is 4.84. The monoisotopic (exact) mass is 183 g/mol. The van der Waals surface area contributed by atoms with Gasteiger partial charge in [0.15, 0.2) is 0 Å². The fraction of sp³-hybridized carbons (Fsp3) is 1.00. The number of nitrogens with one attached hydrogen (secondary N) is 1. The highest BCUT2D eigenvalue weighted by Gasteiger charge is 2.31. The Morgan fingerprint density at radius 3 is 2.31 bits per heavy atom. The number of rotatable bonds is 6. The largest absolute Gasteiger partial charge is 0.314 e. The third-order valence-electron chi connectivity index (χ3n) is 3.18. The first-order chi connectivity index (χ1) is 6.09. The van der Waals surface area contributed by atoms with Gasteiger partial charge in [-0.15, -0.1) is 0 Å². The molecule has 0 aromatic heterocycles. The van der Waals surface area contributed by atoms with Crippen LogP contribution in [0.15, 0.2) is 0 Å². The lowest BCUT2D eigenvalue weighted by atomic mass is 10.0. The van der Waals surface area contributed by atoms with E-state index in [2.05, 4.69) is 33.0 Å². The Balaban J connectivity index is 1.94. The molecule has 0 bridgehead atoms. The molecule has 78 valence electrons. The van der Waals surface area contributed by atoms with Crippen molar-refractivity contribution in [2.75, 3.05) is 6.54 Å². The van der Waals surface area contributed by atoms with Crippen LogP contribution >= 0.6 is 0 Å². The Morgan fingerprint density at radius 1 is 1.23 bits per heavy atom. The van der Waals surface area contributed by atoms with Gasteiger partial charge < -0.3 is 5.32 Å². The lowest BCUT2D eigenvalue weighted by Crippen LogP contribution is -2.28. The first kappa shape index (κ1) is 11.0. The lowest BCUT2D eigenvalue weighted by molar-refractivity contribution is 0.441. The molecule has 1 heteroatoms. The summed E-state index contributed by atoms with van der Waals surface area (Å²) in [5, 5.41) is 3.63. The first-order valence-electron chi connectivity index (χ1n) is 5.83. The molecule has 0 radical (unpaired) electrons. The molecule has 0 heterocycles. The van der Waals surface area contributed by atoms with Gasteiger partial charge in [-0.25, -0.2) is 0 Å². The molecule has 0 aromatic carbocycles. The minimum Gasteiger partial charge on any atom is -0.314 e. The van der Waals surface area contributed by atoms with Crippen molar-refractivity contribution in [3.63, 3.8) is 0 Å². The van der Waals surface area contributed by atoms with Crippen molar-refractivity contribution in [1.82, 2.24) is 5.32 Å². The molecular formula is C12H25N. The first-order valence-corrected chi connectivity index (χ1v) is 5.83. The van der Waals surface area contributed by atoms with Gasteiger partial charge in [0, 0.05) is 6.04 Å². The van der Waals surface area contributed by atoms with Crippen LogP contribution < -0.4 is 5.32 Å². The molecule has 1 saturated carbocycles. The van der Waals surface area contributed by atoms with Crippen molar-refractivity contribution >= 4 is 0 Å². The summed E-state index contributed by atoms with van der Waals surface area (Å²) in [7, 11) is 0. The zero-order valence-corrected chi connectivity index (χ0v) is 9.64. The number of hydrogen-bond donors (Lipinski definition) is 1. The third-order valence-corrected chi connectivity index (χ3v) is 3.18. The van der Waals surface area contributed by atoms with E-state index in [4.69, 9.17) is 0 Å². The van der Waals surface area contributed by atoms with E-state index in [1.165, 1.54) is 25.8 Å². The van der Waals surface area contributed by atoms with Crippen LogP contribution in [0.1, 0.15) is 47.0 Å².